The van der Waals surface area contributed by atoms with Gasteiger partial charge in [-0.1, -0.05) is 43.7 Å². The average Bonchev–Trinajstić information content (AvgIpc) is 3.08. The zero-order chi connectivity index (χ0) is 16.6. The third kappa shape index (κ3) is 2.96. The highest BCUT2D eigenvalue weighted by molar-refractivity contribution is 5.94. The van der Waals surface area contributed by atoms with Crippen LogP contribution in [0.3, 0.4) is 0 Å². The quantitative estimate of drug-likeness (QED) is 0.929. The molecule has 1 fully saturated rings. The summed E-state index contributed by atoms with van der Waals surface area (Å²) in [7, 11) is 1.67. The van der Waals surface area contributed by atoms with Crippen LogP contribution in [-0.2, 0) is 0 Å². The van der Waals surface area contributed by atoms with Gasteiger partial charge in [0.05, 0.1) is 7.11 Å². The summed E-state index contributed by atoms with van der Waals surface area (Å²) in [5.74, 6) is 1.19. The molecule has 1 aliphatic carbocycles. The molecule has 0 saturated heterocycles. The van der Waals surface area contributed by atoms with Crippen molar-refractivity contribution in [3.8, 4) is 5.75 Å². The lowest BCUT2D eigenvalue weighted by Gasteiger charge is -2.06. The molecule has 2 atom stereocenters. The minimum atomic E-state index is -0.000846. The summed E-state index contributed by atoms with van der Waals surface area (Å²) in [6.45, 7) is 6.41. The molecule has 0 radical (unpaired) electrons. The molecule has 0 aliphatic heterocycles. The molecule has 1 amide bonds. The van der Waals surface area contributed by atoms with Gasteiger partial charge in [-0.15, -0.1) is 0 Å². The Morgan fingerprint density at radius 2 is 1.65 bits per heavy atom. The highest BCUT2D eigenvalue weighted by Crippen LogP contribution is 2.58. The molecule has 2 aromatic rings. The molecule has 3 rings (SSSR count). The van der Waals surface area contributed by atoms with E-state index in [1.807, 2.05) is 43.3 Å². The summed E-state index contributed by atoms with van der Waals surface area (Å²) in [5, 5.41) is 3.19. The van der Waals surface area contributed by atoms with Gasteiger partial charge in [-0.3, -0.25) is 4.79 Å². The van der Waals surface area contributed by atoms with Crippen LogP contribution in [0.1, 0.15) is 41.3 Å². The molecule has 1 aliphatic rings. The third-order valence-corrected chi connectivity index (χ3v) is 4.90. The molecule has 120 valence electrons. The molecule has 3 heteroatoms. The van der Waals surface area contributed by atoms with Crippen molar-refractivity contribution in [1.29, 1.82) is 0 Å². The van der Waals surface area contributed by atoms with Crippen molar-refractivity contribution in [1.82, 2.24) is 5.32 Å². The van der Waals surface area contributed by atoms with Gasteiger partial charge < -0.3 is 10.1 Å². The molecule has 2 aromatic carbocycles. The number of carbonyl (C=O) groups is 1. The van der Waals surface area contributed by atoms with Crippen LogP contribution in [0.25, 0.3) is 0 Å². The maximum absolute atomic E-state index is 12.4. The minimum absolute atomic E-state index is 0.000846. The summed E-state index contributed by atoms with van der Waals surface area (Å²) < 4.78 is 5.21. The Morgan fingerprint density at radius 1 is 1.04 bits per heavy atom. The zero-order valence-electron chi connectivity index (χ0n) is 14.1. The smallest absolute Gasteiger partial charge is 0.251 e. The van der Waals surface area contributed by atoms with E-state index >= 15 is 0 Å². The second-order valence-electron chi connectivity index (χ2n) is 6.89. The van der Waals surface area contributed by atoms with Crippen LogP contribution in [-0.4, -0.2) is 19.1 Å². The zero-order valence-corrected chi connectivity index (χ0v) is 14.1. The van der Waals surface area contributed by atoms with Crippen LogP contribution in [0.5, 0.6) is 5.75 Å². The first-order valence-corrected chi connectivity index (χ1v) is 7.95. The first kappa shape index (κ1) is 15.6. The molecule has 0 aromatic heterocycles. The molecule has 0 heterocycles. The predicted octanol–water partition coefficient (Wildman–Crippen LogP) is 3.93. The number of hydrogen-bond donors (Lipinski definition) is 1. The summed E-state index contributed by atoms with van der Waals surface area (Å²) in [6, 6.07) is 16.0. The lowest BCUT2D eigenvalue weighted by atomic mass is 10.0. The largest absolute Gasteiger partial charge is 0.497 e. The van der Waals surface area contributed by atoms with E-state index in [-0.39, 0.29) is 17.4 Å². The molecule has 3 nitrogen and oxygen atoms in total. The lowest BCUT2D eigenvalue weighted by molar-refractivity contribution is 0.0946. The topological polar surface area (TPSA) is 38.3 Å². The molecule has 0 spiro atoms. The number of ether oxygens (including phenoxy) is 1. The van der Waals surface area contributed by atoms with E-state index < -0.39 is 0 Å². The predicted molar refractivity (Wildman–Crippen MR) is 91.9 cm³/mol. The maximum atomic E-state index is 12.4. The lowest BCUT2D eigenvalue weighted by Crippen LogP contribution is -2.28. The monoisotopic (exact) mass is 309 g/mol. The van der Waals surface area contributed by atoms with Gasteiger partial charge in [-0.05, 0) is 42.2 Å². The van der Waals surface area contributed by atoms with Crippen LogP contribution in [0.15, 0.2) is 48.5 Å². The minimum Gasteiger partial charge on any atom is -0.497 e. The van der Waals surface area contributed by atoms with E-state index in [4.69, 9.17) is 4.74 Å². The van der Waals surface area contributed by atoms with Crippen LogP contribution in [0, 0.1) is 12.3 Å². The molecule has 23 heavy (non-hydrogen) atoms. The van der Waals surface area contributed by atoms with E-state index in [0.29, 0.717) is 11.5 Å². The van der Waals surface area contributed by atoms with Crippen LogP contribution in [0.2, 0.25) is 0 Å². The molecular formula is C20H23NO2. The van der Waals surface area contributed by atoms with Crippen molar-refractivity contribution in [2.45, 2.75) is 32.7 Å². The third-order valence-electron chi connectivity index (χ3n) is 4.90. The fourth-order valence-electron chi connectivity index (χ4n) is 3.27. The standard InChI is InChI=1S/C20H23NO2/c1-13-5-7-15(8-6-13)19(22)21-18-17(20(18,2)3)14-9-11-16(23-4)12-10-14/h5-12,17-18H,1-4H3,(H,21,22)/t17-,18-/m0/s1. The van der Waals surface area contributed by atoms with Crippen molar-refractivity contribution in [2.24, 2.45) is 5.41 Å². The Morgan fingerprint density at radius 3 is 2.22 bits per heavy atom. The first-order chi connectivity index (χ1) is 10.9. The summed E-state index contributed by atoms with van der Waals surface area (Å²) in [5.41, 5.74) is 3.18. The average molecular weight is 309 g/mol. The molecule has 0 bridgehead atoms. The maximum Gasteiger partial charge on any atom is 0.251 e. The van der Waals surface area contributed by atoms with Gasteiger partial charge in [-0.25, -0.2) is 0 Å². The van der Waals surface area contributed by atoms with E-state index in [0.717, 1.165) is 11.3 Å². The molecule has 1 saturated carbocycles. The fourth-order valence-corrected chi connectivity index (χ4v) is 3.27. The van der Waals surface area contributed by atoms with E-state index in [1.165, 1.54) is 5.56 Å². The Labute approximate surface area is 137 Å². The number of nitrogens with one attached hydrogen (secondary N) is 1. The van der Waals surface area contributed by atoms with Gasteiger partial charge in [0.25, 0.3) is 5.91 Å². The highest BCUT2D eigenvalue weighted by Gasteiger charge is 2.59. The number of rotatable bonds is 4. The Kier molecular flexibility index (Phi) is 3.88. The number of methoxy groups -OCH3 is 1. The van der Waals surface area contributed by atoms with Gasteiger partial charge >= 0.3 is 0 Å². The Bertz CT molecular complexity index is 701. The van der Waals surface area contributed by atoms with E-state index in [1.54, 1.807) is 7.11 Å². The van der Waals surface area contributed by atoms with Crippen LogP contribution >= 0.6 is 0 Å². The SMILES string of the molecule is COc1ccc([C@H]2[C@H](NC(=O)c3ccc(C)cc3)C2(C)C)cc1. The number of benzene rings is 2. The van der Waals surface area contributed by atoms with Crippen molar-refractivity contribution < 1.29 is 9.53 Å². The van der Waals surface area contributed by atoms with Crippen molar-refractivity contribution in [3.63, 3.8) is 0 Å². The molecule has 0 unspecified atom stereocenters. The van der Waals surface area contributed by atoms with Gasteiger partial charge in [0, 0.05) is 17.5 Å². The highest BCUT2D eigenvalue weighted by atomic mass is 16.5. The summed E-state index contributed by atoms with van der Waals surface area (Å²) >= 11 is 0. The van der Waals surface area contributed by atoms with Crippen molar-refractivity contribution in [3.05, 3.63) is 65.2 Å². The molecule has 1 N–H and O–H groups in total. The van der Waals surface area contributed by atoms with E-state index in [9.17, 15) is 4.79 Å². The van der Waals surface area contributed by atoms with Crippen molar-refractivity contribution >= 4 is 5.91 Å². The van der Waals surface area contributed by atoms with Gasteiger partial charge in [0.1, 0.15) is 5.75 Å². The van der Waals surface area contributed by atoms with E-state index in [2.05, 4.69) is 31.3 Å². The fraction of sp³-hybridized carbons (Fsp3) is 0.350. The van der Waals surface area contributed by atoms with Crippen molar-refractivity contribution in [2.75, 3.05) is 7.11 Å². The molecular weight excluding hydrogens is 286 g/mol. The van der Waals surface area contributed by atoms with Gasteiger partial charge in [0.15, 0.2) is 0 Å². The van der Waals surface area contributed by atoms with Gasteiger partial charge in [0.2, 0.25) is 0 Å². The number of amides is 1. The summed E-state index contributed by atoms with van der Waals surface area (Å²) in [4.78, 5) is 12.4. The normalized spacial score (nSPS) is 21.6. The second-order valence-corrected chi connectivity index (χ2v) is 6.89. The first-order valence-electron chi connectivity index (χ1n) is 7.95. The number of hydrogen-bond acceptors (Lipinski definition) is 2. The second kappa shape index (κ2) is 5.73. The number of aryl methyl sites for hydroxylation is 1. The van der Waals surface area contributed by atoms with Crippen LogP contribution < -0.4 is 10.1 Å². The summed E-state index contributed by atoms with van der Waals surface area (Å²) in [6.07, 6.45) is 0. The Hall–Kier alpha value is -2.29. The number of carbonyl (C=O) groups excluding carboxylic acids is 1. The van der Waals surface area contributed by atoms with Gasteiger partial charge in [-0.2, -0.15) is 0 Å². The Balaban J connectivity index is 1.72. The van der Waals surface area contributed by atoms with Crippen LogP contribution in [0.4, 0.5) is 0 Å².